The summed E-state index contributed by atoms with van der Waals surface area (Å²) in [6.45, 7) is 6.00. The minimum Gasteiger partial charge on any atom is -0.497 e. The maximum Gasteiger partial charge on any atom is 0.249 e. The highest BCUT2D eigenvalue weighted by molar-refractivity contribution is 6.32. The summed E-state index contributed by atoms with van der Waals surface area (Å²) in [6, 6.07) is 15.9. The van der Waals surface area contributed by atoms with E-state index in [0.717, 1.165) is 48.1 Å². The Morgan fingerprint density at radius 1 is 1.02 bits per heavy atom. The van der Waals surface area contributed by atoms with Gasteiger partial charge < -0.3 is 24.8 Å². The minimum absolute atomic E-state index is 0.172. The fourth-order valence-corrected chi connectivity index (χ4v) is 5.42. The Morgan fingerprint density at radius 3 is 2.46 bits per heavy atom. The van der Waals surface area contributed by atoms with Crippen LogP contribution in [0.1, 0.15) is 47.6 Å². The van der Waals surface area contributed by atoms with Crippen LogP contribution in [-0.4, -0.2) is 39.3 Å². The minimum atomic E-state index is -0.398. The van der Waals surface area contributed by atoms with Gasteiger partial charge >= 0.3 is 0 Å². The van der Waals surface area contributed by atoms with Gasteiger partial charge in [0.1, 0.15) is 36.3 Å². The topological polar surface area (TPSA) is 68.8 Å². The van der Waals surface area contributed by atoms with Crippen molar-refractivity contribution in [1.82, 2.24) is 10.6 Å². The van der Waals surface area contributed by atoms with Crippen LogP contribution in [0, 0.1) is 25.6 Å². The summed E-state index contributed by atoms with van der Waals surface area (Å²) in [4.78, 5) is 13.6. The number of amides is 1. The number of halogens is 2. The van der Waals surface area contributed by atoms with E-state index in [0.29, 0.717) is 53.2 Å². The zero-order chi connectivity index (χ0) is 28.9. The first kappa shape index (κ1) is 29.0. The van der Waals surface area contributed by atoms with Gasteiger partial charge in [0.15, 0.2) is 0 Å². The van der Waals surface area contributed by atoms with Crippen LogP contribution in [0.4, 0.5) is 4.39 Å². The third kappa shape index (κ3) is 7.03. The molecule has 1 aliphatic carbocycles. The lowest BCUT2D eigenvalue weighted by atomic mass is 9.93. The highest BCUT2D eigenvalue weighted by Gasteiger charge is 2.36. The SMILES string of the molecule is COc1ccc(F)c(C(NC(=O)C2=C(c3ccc(OCCOc4cc(C)c(C)cc4Cl)cc3)CCNC2)C2CC2)c1. The van der Waals surface area contributed by atoms with Gasteiger partial charge in [-0.1, -0.05) is 23.7 Å². The maximum atomic E-state index is 14.8. The van der Waals surface area contributed by atoms with Crippen LogP contribution in [-0.2, 0) is 4.79 Å². The van der Waals surface area contributed by atoms with Gasteiger partial charge in [0.05, 0.1) is 18.2 Å². The van der Waals surface area contributed by atoms with Crippen LogP contribution < -0.4 is 24.8 Å². The van der Waals surface area contributed by atoms with Gasteiger partial charge in [-0.25, -0.2) is 4.39 Å². The van der Waals surface area contributed by atoms with E-state index in [9.17, 15) is 9.18 Å². The quantitative estimate of drug-likeness (QED) is 0.252. The predicted octanol–water partition coefficient (Wildman–Crippen LogP) is 6.58. The third-order valence-corrected chi connectivity index (χ3v) is 8.07. The number of benzene rings is 3. The third-order valence-electron chi connectivity index (χ3n) is 7.77. The van der Waals surface area contributed by atoms with E-state index in [1.54, 1.807) is 19.2 Å². The normalized spacial score (nSPS) is 15.8. The zero-order valence-corrected chi connectivity index (χ0v) is 24.4. The van der Waals surface area contributed by atoms with Crippen LogP contribution in [0.25, 0.3) is 5.57 Å². The molecule has 3 aromatic rings. The molecule has 1 atom stereocenters. The average molecular weight is 579 g/mol. The lowest BCUT2D eigenvalue weighted by molar-refractivity contribution is -0.118. The molecule has 8 heteroatoms. The first-order valence-electron chi connectivity index (χ1n) is 14.0. The van der Waals surface area contributed by atoms with Crippen LogP contribution >= 0.6 is 11.6 Å². The maximum absolute atomic E-state index is 14.8. The molecule has 2 N–H and O–H groups in total. The second-order valence-corrected chi connectivity index (χ2v) is 11.1. The molecule has 216 valence electrons. The molecule has 1 amide bonds. The molecule has 6 nitrogen and oxygen atoms in total. The molecule has 0 saturated heterocycles. The van der Waals surface area contributed by atoms with Gasteiger partial charge in [-0.2, -0.15) is 0 Å². The molecule has 1 fully saturated rings. The lowest BCUT2D eigenvalue weighted by Gasteiger charge is -2.25. The van der Waals surface area contributed by atoms with Crippen molar-refractivity contribution in [3.8, 4) is 17.2 Å². The molecule has 5 rings (SSSR count). The van der Waals surface area contributed by atoms with Crippen molar-refractivity contribution in [2.45, 2.75) is 39.2 Å². The highest BCUT2D eigenvalue weighted by Crippen LogP contribution is 2.43. The Morgan fingerprint density at radius 2 is 1.73 bits per heavy atom. The van der Waals surface area contributed by atoms with Crippen molar-refractivity contribution in [3.05, 3.63) is 93.3 Å². The molecule has 1 unspecified atom stereocenters. The number of carbonyl (C=O) groups is 1. The van der Waals surface area contributed by atoms with Gasteiger partial charge in [-0.15, -0.1) is 0 Å². The van der Waals surface area contributed by atoms with E-state index in [1.807, 2.05) is 50.2 Å². The van der Waals surface area contributed by atoms with E-state index in [1.165, 1.54) is 6.07 Å². The second-order valence-electron chi connectivity index (χ2n) is 10.6. The van der Waals surface area contributed by atoms with Crippen molar-refractivity contribution < 1.29 is 23.4 Å². The van der Waals surface area contributed by atoms with E-state index >= 15 is 0 Å². The number of ether oxygens (including phenoxy) is 3. The molecule has 1 aliphatic heterocycles. The van der Waals surface area contributed by atoms with E-state index in [4.69, 9.17) is 25.8 Å². The zero-order valence-electron chi connectivity index (χ0n) is 23.7. The molecular formula is C33H36ClFN2O4. The van der Waals surface area contributed by atoms with Gasteiger partial charge in [-0.05, 0) is 110 Å². The molecule has 0 radical (unpaired) electrons. The van der Waals surface area contributed by atoms with Crippen LogP contribution in [0.3, 0.4) is 0 Å². The Balaban J connectivity index is 1.25. The number of carbonyl (C=O) groups excluding carboxylic acids is 1. The smallest absolute Gasteiger partial charge is 0.249 e. The number of aryl methyl sites for hydroxylation is 2. The summed E-state index contributed by atoms with van der Waals surface area (Å²) < 4.78 is 31.8. The monoisotopic (exact) mass is 578 g/mol. The summed E-state index contributed by atoms with van der Waals surface area (Å²) in [5, 5.41) is 7.05. The molecule has 41 heavy (non-hydrogen) atoms. The molecule has 1 saturated carbocycles. The van der Waals surface area contributed by atoms with Crippen LogP contribution in [0.2, 0.25) is 5.02 Å². The van der Waals surface area contributed by atoms with Crippen molar-refractivity contribution in [2.24, 2.45) is 5.92 Å². The van der Waals surface area contributed by atoms with Gasteiger partial charge in [0, 0.05) is 17.7 Å². The van der Waals surface area contributed by atoms with Gasteiger partial charge in [0.2, 0.25) is 5.91 Å². The standard InChI is InChI=1S/C33H36ClFN2O4/c1-20-16-29(34)31(17-21(20)2)41-15-14-40-24-8-6-22(7-9-24)26-12-13-36-19-28(26)33(38)37-32(23-4-5-23)27-18-25(39-3)10-11-30(27)35/h6-11,16-18,23,32,36H,4-5,12-15,19H2,1-3H3,(H,37,38). The molecular weight excluding hydrogens is 543 g/mol. The van der Waals surface area contributed by atoms with Crippen molar-refractivity contribution in [3.63, 3.8) is 0 Å². The molecule has 0 bridgehead atoms. The molecule has 0 aromatic heterocycles. The Hall–Kier alpha value is -3.55. The Kier molecular flexibility index (Phi) is 9.15. The van der Waals surface area contributed by atoms with E-state index in [2.05, 4.69) is 10.6 Å². The van der Waals surface area contributed by atoms with E-state index < -0.39 is 6.04 Å². The first-order chi connectivity index (χ1) is 19.8. The molecule has 2 aliphatic rings. The largest absolute Gasteiger partial charge is 0.497 e. The first-order valence-corrected chi connectivity index (χ1v) is 14.4. The van der Waals surface area contributed by atoms with Crippen molar-refractivity contribution >= 4 is 23.1 Å². The molecule has 1 heterocycles. The molecule has 0 spiro atoms. The average Bonchev–Trinajstić information content (AvgIpc) is 3.83. The Bertz CT molecular complexity index is 1440. The second kappa shape index (κ2) is 13.0. The van der Waals surface area contributed by atoms with Crippen molar-refractivity contribution in [1.29, 1.82) is 0 Å². The number of hydrogen-bond donors (Lipinski definition) is 2. The summed E-state index contributed by atoms with van der Waals surface area (Å²) in [6.07, 6.45) is 2.63. The number of nitrogens with one attached hydrogen (secondary N) is 2. The van der Waals surface area contributed by atoms with Crippen LogP contribution in [0.5, 0.6) is 17.2 Å². The number of methoxy groups -OCH3 is 1. The summed E-state index contributed by atoms with van der Waals surface area (Å²) in [5.74, 6) is 1.64. The highest BCUT2D eigenvalue weighted by atomic mass is 35.5. The summed E-state index contributed by atoms with van der Waals surface area (Å²) in [7, 11) is 1.55. The number of hydrogen-bond acceptors (Lipinski definition) is 5. The summed E-state index contributed by atoms with van der Waals surface area (Å²) >= 11 is 6.29. The van der Waals surface area contributed by atoms with Gasteiger partial charge in [-0.3, -0.25) is 4.79 Å². The summed E-state index contributed by atoms with van der Waals surface area (Å²) in [5.41, 5.74) is 5.35. The fourth-order valence-electron chi connectivity index (χ4n) is 5.14. The van der Waals surface area contributed by atoms with E-state index in [-0.39, 0.29) is 17.6 Å². The Labute approximate surface area is 245 Å². The fraction of sp³-hybridized carbons (Fsp3) is 0.364. The number of rotatable bonds is 11. The van der Waals surface area contributed by atoms with Crippen molar-refractivity contribution in [2.75, 3.05) is 33.4 Å². The lowest BCUT2D eigenvalue weighted by Crippen LogP contribution is -2.37. The van der Waals surface area contributed by atoms with Gasteiger partial charge in [0.25, 0.3) is 0 Å². The van der Waals surface area contributed by atoms with Crippen LogP contribution in [0.15, 0.2) is 60.2 Å². The predicted molar refractivity (Wildman–Crippen MR) is 159 cm³/mol. The molecule has 3 aromatic carbocycles.